The van der Waals surface area contributed by atoms with Gasteiger partial charge in [0, 0.05) is 38.5 Å². The number of alkyl halides is 2. The number of hydrogen-bond acceptors (Lipinski definition) is 3. The maximum atomic E-state index is 13.6. The number of rotatable bonds is 6. The lowest BCUT2D eigenvalue weighted by atomic mass is 9.94. The average molecular weight is 468 g/mol. The Morgan fingerprint density at radius 1 is 1.19 bits per heavy atom. The van der Waals surface area contributed by atoms with Gasteiger partial charge >= 0.3 is 0 Å². The molecule has 0 radical (unpaired) electrons. The van der Waals surface area contributed by atoms with Gasteiger partial charge in [-0.25, -0.2) is 13.8 Å². The van der Waals surface area contributed by atoms with Gasteiger partial charge in [0.25, 0.3) is 5.92 Å². The van der Waals surface area contributed by atoms with Crippen LogP contribution in [0.4, 0.5) is 14.5 Å². The molecule has 1 fully saturated rings. The minimum absolute atomic E-state index is 0.0129. The first-order valence-electron chi connectivity index (χ1n) is 10.5. The zero-order valence-corrected chi connectivity index (χ0v) is 18.8. The van der Waals surface area contributed by atoms with Gasteiger partial charge in [0.15, 0.2) is 0 Å². The average Bonchev–Trinajstić information content (AvgIpc) is 3.17. The molecule has 0 bridgehead atoms. The van der Waals surface area contributed by atoms with E-state index < -0.39 is 5.92 Å². The zero-order valence-electron chi connectivity index (χ0n) is 17.3. The standard InChI is InChI=1S/C23H25Cl2F2N3O/c1-2-14-3-5-15(6-4-14)16(7-12-31)22-28-18-13-17(24)21(19(25)20(18)29-22)30-10-8-23(26,27)9-11-30/h3-6,13,16,31H,2,7-12H2,1H3,(H,28,29)/t16-/m1/s1. The molecule has 0 saturated carbocycles. The lowest BCUT2D eigenvalue weighted by Gasteiger charge is -2.34. The fourth-order valence-electron chi connectivity index (χ4n) is 4.18. The highest BCUT2D eigenvalue weighted by atomic mass is 35.5. The number of anilines is 1. The number of fused-ring (bicyclic) bond motifs is 1. The van der Waals surface area contributed by atoms with Crippen LogP contribution < -0.4 is 4.90 Å². The van der Waals surface area contributed by atoms with E-state index in [-0.39, 0.29) is 38.5 Å². The van der Waals surface area contributed by atoms with Crippen LogP contribution in [0, 0.1) is 0 Å². The summed E-state index contributed by atoms with van der Waals surface area (Å²) in [7, 11) is 0. The number of benzene rings is 2. The molecule has 1 saturated heterocycles. The minimum Gasteiger partial charge on any atom is -0.396 e. The Morgan fingerprint density at radius 2 is 1.87 bits per heavy atom. The summed E-state index contributed by atoms with van der Waals surface area (Å²) in [5.74, 6) is -2.09. The molecule has 31 heavy (non-hydrogen) atoms. The summed E-state index contributed by atoms with van der Waals surface area (Å²) in [5.41, 5.74) is 4.08. The third kappa shape index (κ3) is 4.52. The summed E-state index contributed by atoms with van der Waals surface area (Å²) in [6.45, 7) is 2.49. The molecule has 0 amide bonds. The van der Waals surface area contributed by atoms with Gasteiger partial charge in [-0.3, -0.25) is 0 Å². The van der Waals surface area contributed by atoms with Crippen LogP contribution in [0.15, 0.2) is 30.3 Å². The maximum Gasteiger partial charge on any atom is 0.251 e. The Hall–Kier alpha value is -1.89. The number of aromatic amines is 1. The topological polar surface area (TPSA) is 52.2 Å². The van der Waals surface area contributed by atoms with Gasteiger partial charge < -0.3 is 15.0 Å². The number of hydrogen-bond donors (Lipinski definition) is 2. The van der Waals surface area contributed by atoms with Crippen molar-refractivity contribution in [2.24, 2.45) is 0 Å². The van der Waals surface area contributed by atoms with Gasteiger partial charge in [-0.05, 0) is 30.0 Å². The molecule has 1 aromatic heterocycles. The molecule has 1 atom stereocenters. The Bertz CT molecular complexity index is 1060. The molecule has 0 spiro atoms. The lowest BCUT2D eigenvalue weighted by molar-refractivity contribution is -0.0220. The minimum atomic E-state index is -2.65. The van der Waals surface area contributed by atoms with E-state index in [0.717, 1.165) is 12.0 Å². The van der Waals surface area contributed by atoms with E-state index in [1.807, 2.05) is 4.90 Å². The lowest BCUT2D eigenvalue weighted by Crippen LogP contribution is -2.39. The molecular weight excluding hydrogens is 443 g/mol. The number of aliphatic hydroxyl groups is 1. The Labute approximate surface area is 190 Å². The molecule has 2 N–H and O–H groups in total. The summed E-state index contributed by atoms with van der Waals surface area (Å²) in [4.78, 5) is 9.86. The van der Waals surface area contributed by atoms with Gasteiger partial charge in [0.1, 0.15) is 11.3 Å². The molecule has 2 aromatic carbocycles. The van der Waals surface area contributed by atoms with Crippen molar-refractivity contribution >= 4 is 39.9 Å². The molecule has 0 aliphatic carbocycles. The van der Waals surface area contributed by atoms with Gasteiger partial charge in [-0.2, -0.15) is 0 Å². The highest BCUT2D eigenvalue weighted by Gasteiger charge is 2.35. The predicted molar refractivity (Wildman–Crippen MR) is 122 cm³/mol. The highest BCUT2D eigenvalue weighted by molar-refractivity contribution is 6.42. The largest absolute Gasteiger partial charge is 0.396 e. The normalized spacial score (nSPS) is 17.3. The number of aryl methyl sites for hydroxylation is 1. The van der Waals surface area contributed by atoms with E-state index in [1.165, 1.54) is 5.56 Å². The molecule has 3 aromatic rings. The number of nitrogens with one attached hydrogen (secondary N) is 1. The highest BCUT2D eigenvalue weighted by Crippen LogP contribution is 2.42. The van der Waals surface area contributed by atoms with Gasteiger partial charge in [-0.15, -0.1) is 0 Å². The number of aliphatic hydroxyl groups excluding tert-OH is 1. The molecule has 4 rings (SSSR count). The van der Waals surface area contributed by atoms with Gasteiger partial charge in [-0.1, -0.05) is 54.4 Å². The molecular formula is C23H25Cl2F2N3O. The van der Waals surface area contributed by atoms with Crippen LogP contribution in [0.25, 0.3) is 11.0 Å². The van der Waals surface area contributed by atoms with E-state index in [2.05, 4.69) is 36.2 Å². The molecule has 166 valence electrons. The number of piperidine rings is 1. The second kappa shape index (κ2) is 8.93. The number of aromatic nitrogens is 2. The summed E-state index contributed by atoms with van der Waals surface area (Å²) >= 11 is 13.2. The SMILES string of the molecule is CCc1ccc([C@@H](CCO)c2nc3c(Cl)c(N4CCC(F)(F)CC4)c(Cl)cc3[nH]2)cc1. The Morgan fingerprint density at radius 3 is 2.48 bits per heavy atom. The summed E-state index contributed by atoms with van der Waals surface area (Å²) in [5, 5.41) is 10.4. The summed E-state index contributed by atoms with van der Waals surface area (Å²) < 4.78 is 27.2. The van der Waals surface area contributed by atoms with Crippen molar-refractivity contribution in [2.45, 2.75) is 44.4 Å². The fourth-order valence-corrected chi connectivity index (χ4v) is 4.91. The van der Waals surface area contributed by atoms with Crippen molar-refractivity contribution in [3.63, 3.8) is 0 Å². The second-order valence-electron chi connectivity index (χ2n) is 8.04. The number of halogens is 4. The number of nitrogens with zero attached hydrogens (tertiary/aromatic N) is 2. The third-order valence-corrected chi connectivity index (χ3v) is 6.66. The van der Waals surface area contributed by atoms with Crippen molar-refractivity contribution < 1.29 is 13.9 Å². The van der Waals surface area contributed by atoms with Crippen LogP contribution in [0.3, 0.4) is 0 Å². The van der Waals surface area contributed by atoms with Crippen molar-refractivity contribution in [2.75, 3.05) is 24.6 Å². The van der Waals surface area contributed by atoms with Crippen molar-refractivity contribution in [3.05, 3.63) is 57.3 Å². The zero-order chi connectivity index (χ0) is 22.2. The van der Waals surface area contributed by atoms with Crippen LogP contribution in [0.2, 0.25) is 10.0 Å². The van der Waals surface area contributed by atoms with E-state index >= 15 is 0 Å². The first-order valence-corrected chi connectivity index (χ1v) is 11.3. The molecule has 0 unspecified atom stereocenters. The fraction of sp³-hybridized carbons (Fsp3) is 0.435. The first kappa shape index (κ1) is 22.3. The molecule has 4 nitrogen and oxygen atoms in total. The number of H-pyrrole nitrogens is 1. The third-order valence-electron chi connectivity index (χ3n) is 6.01. The van der Waals surface area contributed by atoms with Crippen LogP contribution in [0.1, 0.15) is 49.1 Å². The maximum absolute atomic E-state index is 13.6. The van der Waals surface area contributed by atoms with E-state index in [0.29, 0.717) is 39.0 Å². The molecule has 8 heteroatoms. The van der Waals surface area contributed by atoms with E-state index in [4.69, 9.17) is 28.2 Å². The number of imidazole rings is 1. The van der Waals surface area contributed by atoms with Gasteiger partial charge in [0.2, 0.25) is 0 Å². The van der Waals surface area contributed by atoms with Crippen LogP contribution in [0.5, 0.6) is 0 Å². The van der Waals surface area contributed by atoms with Crippen molar-refractivity contribution in [1.82, 2.24) is 9.97 Å². The van der Waals surface area contributed by atoms with Crippen LogP contribution >= 0.6 is 23.2 Å². The molecule has 2 heterocycles. The first-order chi connectivity index (χ1) is 14.8. The molecule has 1 aliphatic heterocycles. The monoisotopic (exact) mass is 467 g/mol. The summed E-state index contributed by atoms with van der Waals surface area (Å²) in [6, 6.07) is 10.0. The van der Waals surface area contributed by atoms with Crippen molar-refractivity contribution in [1.29, 1.82) is 0 Å². The quantitative estimate of drug-likeness (QED) is 0.454. The van der Waals surface area contributed by atoms with Crippen LogP contribution in [-0.4, -0.2) is 40.7 Å². The Kier molecular flexibility index (Phi) is 6.42. The predicted octanol–water partition coefficient (Wildman–Crippen LogP) is 6.18. The molecule has 1 aliphatic rings. The van der Waals surface area contributed by atoms with Crippen LogP contribution in [-0.2, 0) is 6.42 Å². The van der Waals surface area contributed by atoms with E-state index in [1.54, 1.807) is 6.07 Å². The Balaban J connectivity index is 1.71. The smallest absolute Gasteiger partial charge is 0.251 e. The second-order valence-corrected chi connectivity index (χ2v) is 8.83. The summed E-state index contributed by atoms with van der Waals surface area (Å²) in [6.07, 6.45) is 1.01. The van der Waals surface area contributed by atoms with Gasteiger partial charge in [0.05, 0.1) is 21.2 Å². The van der Waals surface area contributed by atoms with Crippen molar-refractivity contribution in [3.8, 4) is 0 Å². The van der Waals surface area contributed by atoms with E-state index in [9.17, 15) is 13.9 Å².